The van der Waals surface area contributed by atoms with Crippen LogP contribution >= 0.6 is 11.8 Å². The fourth-order valence-corrected chi connectivity index (χ4v) is 3.61. The van der Waals surface area contributed by atoms with Gasteiger partial charge in [0.25, 0.3) is 0 Å². The highest BCUT2D eigenvalue weighted by Crippen LogP contribution is 2.32. The maximum Gasteiger partial charge on any atom is 0.157 e. The zero-order chi connectivity index (χ0) is 11.6. The maximum atomic E-state index is 5.27. The Morgan fingerprint density at radius 2 is 2.12 bits per heavy atom. The molecular formula is C12H22N2OS. The predicted molar refractivity (Wildman–Crippen MR) is 70.2 cm³/mol. The standard InChI is InChI=1S/C12H22N2OS/c1-4-12(5-2)8-16-11(14-12)13-9-6-10(7-9)15-3/h9-10H,4-8H2,1-3H3,(H,13,14). The van der Waals surface area contributed by atoms with Crippen molar-refractivity contribution in [3.05, 3.63) is 0 Å². The van der Waals surface area contributed by atoms with Gasteiger partial charge in [-0.1, -0.05) is 25.6 Å². The highest BCUT2D eigenvalue weighted by Gasteiger charge is 2.35. The Bertz CT molecular complexity index is 270. The van der Waals surface area contributed by atoms with Crippen molar-refractivity contribution in [1.29, 1.82) is 0 Å². The van der Waals surface area contributed by atoms with E-state index in [1.54, 1.807) is 7.11 Å². The molecule has 0 atom stereocenters. The number of nitrogens with zero attached hydrogens (tertiary/aromatic N) is 1. The molecule has 2 rings (SSSR count). The quantitative estimate of drug-likeness (QED) is 0.822. The number of thioether (sulfide) groups is 1. The van der Waals surface area contributed by atoms with E-state index in [9.17, 15) is 0 Å². The second kappa shape index (κ2) is 4.96. The van der Waals surface area contributed by atoms with Crippen LogP contribution in [0.4, 0.5) is 0 Å². The van der Waals surface area contributed by atoms with E-state index in [2.05, 4.69) is 19.2 Å². The van der Waals surface area contributed by atoms with Crippen LogP contribution in [-0.4, -0.2) is 35.7 Å². The second-order valence-electron chi connectivity index (χ2n) is 4.82. The maximum absolute atomic E-state index is 5.27. The topological polar surface area (TPSA) is 33.6 Å². The van der Waals surface area contributed by atoms with Gasteiger partial charge < -0.3 is 10.1 Å². The van der Waals surface area contributed by atoms with E-state index in [0.717, 1.165) is 18.0 Å². The monoisotopic (exact) mass is 242 g/mol. The molecule has 0 aromatic carbocycles. The first-order valence-electron chi connectivity index (χ1n) is 6.23. The summed E-state index contributed by atoms with van der Waals surface area (Å²) in [6, 6.07) is 0.490. The van der Waals surface area contributed by atoms with Crippen LogP contribution in [-0.2, 0) is 4.74 Å². The van der Waals surface area contributed by atoms with Gasteiger partial charge in [0.1, 0.15) is 0 Å². The lowest BCUT2D eigenvalue weighted by Gasteiger charge is -2.31. The van der Waals surface area contributed by atoms with Crippen molar-refractivity contribution >= 4 is 16.9 Å². The number of methoxy groups -OCH3 is 1. The summed E-state index contributed by atoms with van der Waals surface area (Å²) >= 11 is 1.88. The van der Waals surface area contributed by atoms with Gasteiger partial charge in [-0.2, -0.15) is 0 Å². The average molecular weight is 242 g/mol. The average Bonchev–Trinajstić information content (AvgIpc) is 2.67. The van der Waals surface area contributed by atoms with Gasteiger partial charge >= 0.3 is 0 Å². The molecule has 92 valence electrons. The zero-order valence-corrected chi connectivity index (χ0v) is 11.3. The lowest BCUT2D eigenvalue weighted by molar-refractivity contribution is 0.0285. The normalized spacial score (nSPS) is 34.8. The first-order chi connectivity index (χ1) is 7.71. The molecule has 1 N–H and O–H groups in total. The van der Waals surface area contributed by atoms with E-state index in [4.69, 9.17) is 9.73 Å². The van der Waals surface area contributed by atoms with Crippen molar-refractivity contribution in [2.75, 3.05) is 12.9 Å². The molecule has 0 spiro atoms. The summed E-state index contributed by atoms with van der Waals surface area (Å²) in [7, 11) is 1.79. The van der Waals surface area contributed by atoms with Gasteiger partial charge in [0.2, 0.25) is 0 Å². The number of nitrogens with one attached hydrogen (secondary N) is 1. The lowest BCUT2D eigenvalue weighted by Crippen LogP contribution is -2.43. The van der Waals surface area contributed by atoms with Crippen LogP contribution in [0.3, 0.4) is 0 Å². The third kappa shape index (κ3) is 2.38. The fraction of sp³-hybridized carbons (Fsp3) is 0.917. The summed E-state index contributed by atoms with van der Waals surface area (Å²) in [5.41, 5.74) is 0.300. The Labute approximate surface area is 102 Å². The minimum atomic E-state index is 0.300. The van der Waals surface area contributed by atoms with Crippen molar-refractivity contribution in [2.45, 2.75) is 57.2 Å². The minimum absolute atomic E-state index is 0.300. The molecule has 2 fully saturated rings. The van der Waals surface area contributed by atoms with Crippen molar-refractivity contribution in [3.8, 4) is 0 Å². The van der Waals surface area contributed by atoms with E-state index in [-0.39, 0.29) is 0 Å². The Kier molecular flexibility index (Phi) is 3.80. The van der Waals surface area contributed by atoms with Crippen LogP contribution in [0.1, 0.15) is 39.5 Å². The summed E-state index contributed by atoms with van der Waals surface area (Å²) in [6.45, 7) is 4.51. The number of amidine groups is 1. The lowest BCUT2D eigenvalue weighted by atomic mass is 9.90. The Morgan fingerprint density at radius 3 is 2.62 bits per heavy atom. The van der Waals surface area contributed by atoms with Crippen molar-refractivity contribution < 1.29 is 4.74 Å². The number of rotatable bonds is 4. The molecule has 0 aromatic rings. The van der Waals surface area contributed by atoms with E-state index in [0.29, 0.717) is 17.7 Å². The molecule has 0 radical (unpaired) electrons. The van der Waals surface area contributed by atoms with E-state index in [1.165, 1.54) is 18.6 Å². The van der Waals surface area contributed by atoms with Gasteiger partial charge in [0.15, 0.2) is 5.17 Å². The van der Waals surface area contributed by atoms with Gasteiger partial charge in [0.05, 0.1) is 12.1 Å². The van der Waals surface area contributed by atoms with Crippen LogP contribution < -0.4 is 5.32 Å². The highest BCUT2D eigenvalue weighted by atomic mass is 32.2. The first-order valence-corrected chi connectivity index (χ1v) is 7.21. The van der Waals surface area contributed by atoms with E-state index >= 15 is 0 Å². The fourth-order valence-electron chi connectivity index (χ4n) is 2.21. The predicted octanol–water partition coefficient (Wildman–Crippen LogP) is 2.42. The summed E-state index contributed by atoms with van der Waals surface area (Å²) in [6.07, 6.45) is 4.99. The molecule has 1 saturated heterocycles. The molecule has 0 unspecified atom stereocenters. The third-order valence-corrected chi connectivity index (χ3v) is 5.09. The Balaban J connectivity index is 1.87. The van der Waals surface area contributed by atoms with Gasteiger partial charge in [-0.15, -0.1) is 0 Å². The van der Waals surface area contributed by atoms with Crippen LogP contribution in [0.2, 0.25) is 0 Å². The molecular weight excluding hydrogens is 220 g/mol. The van der Waals surface area contributed by atoms with Gasteiger partial charge in [-0.3, -0.25) is 4.99 Å². The molecule has 1 saturated carbocycles. The smallest absolute Gasteiger partial charge is 0.157 e. The minimum Gasteiger partial charge on any atom is -0.381 e. The molecule has 1 heterocycles. The van der Waals surface area contributed by atoms with Gasteiger partial charge in [-0.05, 0) is 25.7 Å². The first kappa shape index (κ1) is 12.2. The molecule has 1 aliphatic carbocycles. The SMILES string of the molecule is CCC1(CC)CSC(=NC2CC(OC)C2)N1. The van der Waals surface area contributed by atoms with E-state index in [1.807, 2.05) is 11.8 Å². The molecule has 16 heavy (non-hydrogen) atoms. The molecule has 2 aliphatic rings. The highest BCUT2D eigenvalue weighted by molar-refractivity contribution is 8.14. The molecule has 1 aliphatic heterocycles. The number of aliphatic imine (C=N–C) groups is 1. The summed E-state index contributed by atoms with van der Waals surface area (Å²) in [5, 5.41) is 4.76. The van der Waals surface area contributed by atoms with Crippen LogP contribution in [0, 0.1) is 0 Å². The molecule has 0 bridgehead atoms. The van der Waals surface area contributed by atoms with E-state index < -0.39 is 0 Å². The number of hydrogen-bond acceptors (Lipinski definition) is 3. The van der Waals surface area contributed by atoms with Gasteiger partial charge in [-0.25, -0.2) is 0 Å². The zero-order valence-electron chi connectivity index (χ0n) is 10.5. The Hall–Kier alpha value is -0.220. The third-order valence-electron chi connectivity index (χ3n) is 3.91. The number of ether oxygens (including phenoxy) is 1. The van der Waals surface area contributed by atoms with Crippen LogP contribution in [0.15, 0.2) is 4.99 Å². The van der Waals surface area contributed by atoms with Gasteiger partial charge in [0, 0.05) is 18.4 Å². The van der Waals surface area contributed by atoms with Crippen molar-refractivity contribution in [2.24, 2.45) is 4.99 Å². The summed E-state index contributed by atoms with van der Waals surface area (Å²) in [4.78, 5) is 4.76. The molecule has 3 nitrogen and oxygen atoms in total. The molecule has 0 aromatic heterocycles. The molecule has 0 amide bonds. The van der Waals surface area contributed by atoms with Crippen LogP contribution in [0.5, 0.6) is 0 Å². The largest absolute Gasteiger partial charge is 0.381 e. The second-order valence-corrected chi connectivity index (χ2v) is 5.78. The Morgan fingerprint density at radius 1 is 1.44 bits per heavy atom. The van der Waals surface area contributed by atoms with Crippen LogP contribution in [0.25, 0.3) is 0 Å². The summed E-state index contributed by atoms with van der Waals surface area (Å²) < 4.78 is 5.27. The van der Waals surface area contributed by atoms with Crippen molar-refractivity contribution in [3.63, 3.8) is 0 Å². The molecule has 4 heteroatoms. The summed E-state index contributed by atoms with van der Waals surface area (Å²) in [5.74, 6) is 1.17. The number of hydrogen-bond donors (Lipinski definition) is 1. The van der Waals surface area contributed by atoms with Crippen molar-refractivity contribution in [1.82, 2.24) is 5.32 Å².